The van der Waals surface area contributed by atoms with Crippen LogP contribution in [0.3, 0.4) is 0 Å². The van der Waals surface area contributed by atoms with Gasteiger partial charge in [-0.25, -0.2) is 0 Å². The summed E-state index contributed by atoms with van der Waals surface area (Å²) in [7, 11) is 4.03. The number of rotatable bonds is 5. The molecule has 1 aromatic carbocycles. The lowest BCUT2D eigenvalue weighted by molar-refractivity contribution is 0.0675. The molecular weight excluding hydrogens is 290 g/mol. The number of ether oxygens (including phenoxy) is 1. The van der Waals surface area contributed by atoms with E-state index < -0.39 is 0 Å². The predicted octanol–water partition coefficient (Wildman–Crippen LogP) is 1.59. The van der Waals surface area contributed by atoms with Crippen molar-refractivity contribution in [1.29, 1.82) is 0 Å². The van der Waals surface area contributed by atoms with E-state index in [2.05, 4.69) is 15.1 Å². The number of carbonyl (C=O) groups is 1. The fraction of sp³-hybridized carbons (Fsp3) is 0.611. The first kappa shape index (κ1) is 16.3. The van der Waals surface area contributed by atoms with Gasteiger partial charge in [-0.3, -0.25) is 4.79 Å². The van der Waals surface area contributed by atoms with Gasteiger partial charge in [0.25, 0.3) is 5.91 Å². The molecule has 2 bridgehead atoms. The second-order valence-electron chi connectivity index (χ2n) is 6.74. The quantitative estimate of drug-likeness (QED) is 0.896. The average Bonchev–Trinajstić information content (AvgIpc) is 2.80. The summed E-state index contributed by atoms with van der Waals surface area (Å²) in [6.07, 6.45) is 3.28. The van der Waals surface area contributed by atoms with Crippen LogP contribution in [0.1, 0.15) is 29.6 Å². The lowest BCUT2D eigenvalue weighted by atomic mass is 10.1. The number of hydrogen-bond acceptors (Lipinski definition) is 4. The molecule has 2 atom stereocenters. The predicted molar refractivity (Wildman–Crippen MR) is 91.0 cm³/mol. The highest BCUT2D eigenvalue weighted by atomic mass is 16.5. The molecule has 23 heavy (non-hydrogen) atoms. The van der Waals surface area contributed by atoms with Gasteiger partial charge in [0.2, 0.25) is 0 Å². The SMILES string of the molecule is CN(C)CCOc1ccccc1C(=O)N1C2CCNCC1CC2. The van der Waals surface area contributed by atoms with E-state index in [-0.39, 0.29) is 5.91 Å². The van der Waals surface area contributed by atoms with E-state index >= 15 is 0 Å². The van der Waals surface area contributed by atoms with Gasteiger partial charge in [0.1, 0.15) is 12.4 Å². The summed E-state index contributed by atoms with van der Waals surface area (Å²) in [6.45, 7) is 3.34. The molecule has 2 unspecified atom stereocenters. The van der Waals surface area contributed by atoms with Crippen LogP contribution in [0.15, 0.2) is 24.3 Å². The van der Waals surface area contributed by atoms with E-state index in [9.17, 15) is 4.79 Å². The van der Waals surface area contributed by atoms with Crippen molar-refractivity contribution in [1.82, 2.24) is 15.1 Å². The Morgan fingerprint density at radius 1 is 1.26 bits per heavy atom. The van der Waals surface area contributed by atoms with E-state index in [1.165, 1.54) is 0 Å². The number of likely N-dealkylation sites (N-methyl/N-ethyl adjacent to an activating group) is 1. The van der Waals surface area contributed by atoms with Crippen molar-refractivity contribution < 1.29 is 9.53 Å². The third kappa shape index (κ3) is 3.67. The molecule has 0 aliphatic carbocycles. The van der Waals surface area contributed by atoms with Gasteiger partial charge >= 0.3 is 0 Å². The molecule has 126 valence electrons. The van der Waals surface area contributed by atoms with E-state index in [0.717, 1.165) is 38.9 Å². The number of fused-ring (bicyclic) bond motifs is 2. The van der Waals surface area contributed by atoms with Gasteiger partial charge in [0, 0.05) is 25.2 Å². The molecule has 5 heteroatoms. The molecule has 1 amide bonds. The van der Waals surface area contributed by atoms with E-state index in [1.54, 1.807) is 0 Å². The number of amides is 1. The second-order valence-corrected chi connectivity index (χ2v) is 6.74. The normalized spacial score (nSPS) is 23.9. The highest BCUT2D eigenvalue weighted by molar-refractivity contribution is 5.97. The van der Waals surface area contributed by atoms with Crippen LogP contribution in [0, 0.1) is 0 Å². The summed E-state index contributed by atoms with van der Waals surface area (Å²) in [5, 5.41) is 3.45. The summed E-state index contributed by atoms with van der Waals surface area (Å²) in [5.74, 6) is 0.831. The maximum Gasteiger partial charge on any atom is 0.258 e. The Hall–Kier alpha value is -1.59. The Balaban J connectivity index is 1.76. The largest absolute Gasteiger partial charge is 0.491 e. The second kappa shape index (κ2) is 7.32. The van der Waals surface area contributed by atoms with Gasteiger partial charge in [-0.05, 0) is 52.0 Å². The Bertz CT molecular complexity index is 533. The van der Waals surface area contributed by atoms with Crippen LogP contribution in [0.4, 0.5) is 0 Å². The van der Waals surface area contributed by atoms with Gasteiger partial charge in [0.05, 0.1) is 5.56 Å². The van der Waals surface area contributed by atoms with Gasteiger partial charge in [0.15, 0.2) is 0 Å². The average molecular weight is 317 g/mol. The van der Waals surface area contributed by atoms with E-state index in [0.29, 0.717) is 30.0 Å². The topological polar surface area (TPSA) is 44.8 Å². The van der Waals surface area contributed by atoms with Gasteiger partial charge in [-0.2, -0.15) is 0 Å². The van der Waals surface area contributed by atoms with Crippen molar-refractivity contribution in [3.8, 4) is 5.75 Å². The third-order valence-electron chi connectivity index (χ3n) is 4.80. The number of para-hydroxylation sites is 1. The first-order chi connectivity index (χ1) is 11.2. The van der Waals surface area contributed by atoms with Crippen molar-refractivity contribution in [3.05, 3.63) is 29.8 Å². The van der Waals surface area contributed by atoms with Gasteiger partial charge in [-0.15, -0.1) is 0 Å². The molecule has 1 N–H and O–H groups in total. The zero-order chi connectivity index (χ0) is 16.2. The highest BCUT2D eigenvalue weighted by Crippen LogP contribution is 2.31. The van der Waals surface area contributed by atoms with Crippen LogP contribution < -0.4 is 10.1 Å². The van der Waals surface area contributed by atoms with Crippen molar-refractivity contribution in [3.63, 3.8) is 0 Å². The van der Waals surface area contributed by atoms with E-state index in [4.69, 9.17) is 4.74 Å². The van der Waals surface area contributed by atoms with Gasteiger partial charge in [-0.1, -0.05) is 12.1 Å². The molecule has 0 aromatic heterocycles. The highest BCUT2D eigenvalue weighted by Gasteiger charge is 2.39. The number of nitrogens with one attached hydrogen (secondary N) is 1. The minimum atomic E-state index is 0.127. The molecule has 2 aliphatic heterocycles. The minimum absolute atomic E-state index is 0.127. The summed E-state index contributed by atoms with van der Waals surface area (Å²) in [6, 6.07) is 8.35. The summed E-state index contributed by atoms with van der Waals surface area (Å²) >= 11 is 0. The molecular formula is C18H27N3O2. The maximum absolute atomic E-state index is 13.1. The number of carbonyl (C=O) groups excluding carboxylic acids is 1. The molecule has 0 radical (unpaired) electrons. The standard InChI is InChI=1S/C18H27N3O2/c1-20(2)11-12-23-17-6-4-3-5-16(17)18(22)21-14-7-8-15(21)13-19-10-9-14/h3-6,14-15,19H,7-13H2,1-2H3. The van der Waals surface area contributed by atoms with E-state index in [1.807, 2.05) is 38.4 Å². The number of hydrogen-bond donors (Lipinski definition) is 1. The molecule has 2 aliphatic rings. The van der Waals surface area contributed by atoms with Crippen LogP contribution in [0.5, 0.6) is 5.75 Å². The van der Waals surface area contributed by atoms with Crippen molar-refractivity contribution in [2.24, 2.45) is 0 Å². The first-order valence-electron chi connectivity index (χ1n) is 8.57. The summed E-state index contributed by atoms with van der Waals surface area (Å²) in [4.78, 5) is 17.3. The molecule has 5 nitrogen and oxygen atoms in total. The lowest BCUT2D eigenvalue weighted by Gasteiger charge is -2.28. The molecule has 1 aromatic rings. The first-order valence-corrected chi connectivity index (χ1v) is 8.57. The molecule has 2 heterocycles. The summed E-state index contributed by atoms with van der Waals surface area (Å²) < 4.78 is 5.88. The minimum Gasteiger partial charge on any atom is -0.491 e. The van der Waals surface area contributed by atoms with Crippen LogP contribution in [-0.4, -0.2) is 68.1 Å². The lowest BCUT2D eigenvalue weighted by Crippen LogP contribution is -2.42. The van der Waals surface area contributed by atoms with Crippen LogP contribution in [0.2, 0.25) is 0 Å². The van der Waals surface area contributed by atoms with Crippen molar-refractivity contribution in [2.75, 3.05) is 40.3 Å². The maximum atomic E-state index is 13.1. The zero-order valence-electron chi connectivity index (χ0n) is 14.1. The summed E-state index contributed by atoms with van der Waals surface area (Å²) in [5.41, 5.74) is 0.699. The van der Waals surface area contributed by atoms with Crippen LogP contribution in [0.25, 0.3) is 0 Å². The Labute approximate surface area is 138 Å². The fourth-order valence-corrected chi connectivity index (χ4v) is 3.56. The molecule has 3 rings (SSSR count). The van der Waals surface area contributed by atoms with Crippen LogP contribution >= 0.6 is 0 Å². The smallest absolute Gasteiger partial charge is 0.258 e. The molecule has 0 spiro atoms. The fourth-order valence-electron chi connectivity index (χ4n) is 3.56. The zero-order valence-corrected chi connectivity index (χ0v) is 14.1. The van der Waals surface area contributed by atoms with Crippen LogP contribution in [-0.2, 0) is 0 Å². The monoisotopic (exact) mass is 317 g/mol. The van der Waals surface area contributed by atoms with Crippen molar-refractivity contribution in [2.45, 2.75) is 31.3 Å². The van der Waals surface area contributed by atoms with Crippen molar-refractivity contribution >= 4 is 5.91 Å². The third-order valence-corrected chi connectivity index (χ3v) is 4.80. The molecule has 2 saturated heterocycles. The Morgan fingerprint density at radius 2 is 2.04 bits per heavy atom. The Kier molecular flexibility index (Phi) is 5.18. The number of nitrogens with zero attached hydrogens (tertiary/aromatic N) is 2. The van der Waals surface area contributed by atoms with Gasteiger partial charge < -0.3 is 19.9 Å². The molecule has 2 fully saturated rings. The molecule has 0 saturated carbocycles. The number of benzene rings is 1. The Morgan fingerprint density at radius 3 is 2.87 bits per heavy atom.